The number of aliphatic hydroxyl groups excluding tert-OH is 1. The Morgan fingerprint density at radius 2 is 1.89 bits per heavy atom. The van der Waals surface area contributed by atoms with Crippen LogP contribution in [0.1, 0.15) is 59.8 Å². The molecule has 0 aromatic rings. The standard InChI is InChI=1S/C16H34N2O/c1-14(2)17-16(4,13-19)9-5-6-10-18-11-7-15(3)8-12-18/h14-15,17,19H,5-13H2,1-4H3. The van der Waals surface area contributed by atoms with Gasteiger partial charge in [0.15, 0.2) is 0 Å². The fourth-order valence-electron chi connectivity index (χ4n) is 3.03. The second-order valence-corrected chi connectivity index (χ2v) is 7.00. The van der Waals surface area contributed by atoms with Crippen LogP contribution in [0.2, 0.25) is 0 Å². The Labute approximate surface area is 119 Å². The van der Waals surface area contributed by atoms with Crippen LogP contribution in [-0.2, 0) is 0 Å². The van der Waals surface area contributed by atoms with E-state index in [0.717, 1.165) is 12.3 Å². The fraction of sp³-hybridized carbons (Fsp3) is 1.00. The predicted molar refractivity (Wildman–Crippen MR) is 82.5 cm³/mol. The smallest absolute Gasteiger partial charge is 0.0610 e. The topological polar surface area (TPSA) is 35.5 Å². The minimum Gasteiger partial charge on any atom is -0.394 e. The Hall–Kier alpha value is -0.120. The molecule has 3 heteroatoms. The number of piperidine rings is 1. The van der Waals surface area contributed by atoms with Gasteiger partial charge < -0.3 is 15.3 Å². The SMILES string of the molecule is CC1CCN(CCCCC(C)(CO)NC(C)C)CC1. The van der Waals surface area contributed by atoms with E-state index in [2.05, 4.69) is 37.9 Å². The van der Waals surface area contributed by atoms with Crippen LogP contribution in [0, 0.1) is 5.92 Å². The van der Waals surface area contributed by atoms with Crippen molar-refractivity contribution in [1.82, 2.24) is 10.2 Å². The van der Waals surface area contributed by atoms with E-state index >= 15 is 0 Å². The first-order valence-corrected chi connectivity index (χ1v) is 8.06. The largest absolute Gasteiger partial charge is 0.394 e. The zero-order valence-electron chi connectivity index (χ0n) is 13.4. The van der Waals surface area contributed by atoms with Gasteiger partial charge in [0.05, 0.1) is 6.61 Å². The third-order valence-electron chi connectivity index (χ3n) is 4.32. The molecule has 0 spiro atoms. The van der Waals surface area contributed by atoms with Gasteiger partial charge in [0.1, 0.15) is 0 Å². The van der Waals surface area contributed by atoms with Crippen molar-refractivity contribution >= 4 is 0 Å². The van der Waals surface area contributed by atoms with Crippen LogP contribution in [0.15, 0.2) is 0 Å². The molecule has 0 bridgehead atoms. The van der Waals surface area contributed by atoms with E-state index in [4.69, 9.17) is 0 Å². The van der Waals surface area contributed by atoms with Crippen LogP contribution in [0.3, 0.4) is 0 Å². The molecule has 1 fully saturated rings. The lowest BCUT2D eigenvalue weighted by molar-refractivity contribution is 0.148. The number of nitrogens with one attached hydrogen (secondary N) is 1. The number of unbranched alkanes of at least 4 members (excludes halogenated alkanes) is 1. The Kier molecular flexibility index (Phi) is 7.33. The molecule has 0 saturated carbocycles. The summed E-state index contributed by atoms with van der Waals surface area (Å²) in [5.41, 5.74) is -0.107. The third-order valence-corrected chi connectivity index (χ3v) is 4.32. The molecule has 3 nitrogen and oxygen atoms in total. The first kappa shape index (κ1) is 16.9. The van der Waals surface area contributed by atoms with Crippen molar-refractivity contribution < 1.29 is 5.11 Å². The van der Waals surface area contributed by atoms with Crippen molar-refractivity contribution in [3.63, 3.8) is 0 Å². The van der Waals surface area contributed by atoms with Crippen LogP contribution >= 0.6 is 0 Å². The van der Waals surface area contributed by atoms with Crippen molar-refractivity contribution in [3.8, 4) is 0 Å². The minimum absolute atomic E-state index is 0.107. The molecule has 2 N–H and O–H groups in total. The zero-order chi connectivity index (χ0) is 14.3. The van der Waals surface area contributed by atoms with Gasteiger partial charge in [-0.25, -0.2) is 0 Å². The summed E-state index contributed by atoms with van der Waals surface area (Å²) in [5, 5.41) is 13.0. The molecular weight excluding hydrogens is 236 g/mol. The maximum absolute atomic E-state index is 9.54. The maximum atomic E-state index is 9.54. The van der Waals surface area contributed by atoms with E-state index in [1.54, 1.807) is 0 Å². The van der Waals surface area contributed by atoms with Crippen LogP contribution in [0.25, 0.3) is 0 Å². The van der Waals surface area contributed by atoms with Crippen LogP contribution in [0.5, 0.6) is 0 Å². The summed E-state index contributed by atoms with van der Waals surface area (Å²) in [6.07, 6.45) is 6.24. The number of hydrogen-bond donors (Lipinski definition) is 2. The lowest BCUT2D eigenvalue weighted by Crippen LogP contribution is -2.49. The lowest BCUT2D eigenvalue weighted by atomic mass is 9.94. The monoisotopic (exact) mass is 270 g/mol. The average Bonchev–Trinajstić information content (AvgIpc) is 2.36. The molecule has 0 amide bonds. The van der Waals surface area contributed by atoms with Gasteiger partial charge in [-0.1, -0.05) is 27.2 Å². The Morgan fingerprint density at radius 1 is 1.26 bits per heavy atom. The highest BCUT2D eigenvalue weighted by atomic mass is 16.3. The molecule has 0 radical (unpaired) electrons. The normalized spacial score (nSPS) is 21.8. The summed E-state index contributed by atoms with van der Waals surface area (Å²) < 4.78 is 0. The molecule has 1 rings (SSSR count). The maximum Gasteiger partial charge on any atom is 0.0610 e. The number of likely N-dealkylation sites (tertiary alicyclic amines) is 1. The molecule has 0 aromatic heterocycles. The highest BCUT2D eigenvalue weighted by Gasteiger charge is 2.23. The molecule has 1 saturated heterocycles. The number of hydrogen-bond acceptors (Lipinski definition) is 3. The van der Waals surface area contributed by atoms with Crippen LogP contribution < -0.4 is 5.32 Å². The van der Waals surface area contributed by atoms with Gasteiger partial charge in [-0.15, -0.1) is 0 Å². The van der Waals surface area contributed by atoms with E-state index in [1.807, 2.05) is 0 Å². The van der Waals surface area contributed by atoms with E-state index in [0.29, 0.717) is 6.04 Å². The van der Waals surface area contributed by atoms with Gasteiger partial charge in [-0.05, 0) is 58.2 Å². The number of nitrogens with zero attached hydrogens (tertiary/aromatic N) is 1. The van der Waals surface area contributed by atoms with Crippen molar-refractivity contribution in [2.45, 2.75) is 71.4 Å². The lowest BCUT2D eigenvalue weighted by Gasteiger charge is -2.32. The Balaban J connectivity index is 2.15. The summed E-state index contributed by atoms with van der Waals surface area (Å²) in [6, 6.07) is 0.431. The average molecular weight is 270 g/mol. The fourth-order valence-corrected chi connectivity index (χ4v) is 3.03. The highest BCUT2D eigenvalue weighted by Crippen LogP contribution is 2.18. The minimum atomic E-state index is -0.107. The second-order valence-electron chi connectivity index (χ2n) is 7.00. The van der Waals surface area contributed by atoms with E-state index in [-0.39, 0.29) is 12.1 Å². The molecule has 19 heavy (non-hydrogen) atoms. The van der Waals surface area contributed by atoms with Crippen molar-refractivity contribution in [3.05, 3.63) is 0 Å². The molecule has 1 heterocycles. The van der Waals surface area contributed by atoms with Gasteiger partial charge in [-0.2, -0.15) is 0 Å². The van der Waals surface area contributed by atoms with E-state index < -0.39 is 0 Å². The molecule has 114 valence electrons. The summed E-state index contributed by atoms with van der Waals surface area (Å²) in [5.74, 6) is 0.921. The second kappa shape index (κ2) is 8.23. The molecule has 1 atom stereocenters. The van der Waals surface area contributed by atoms with Crippen LogP contribution in [0.4, 0.5) is 0 Å². The summed E-state index contributed by atoms with van der Waals surface area (Å²) in [6.45, 7) is 12.8. The van der Waals surface area contributed by atoms with Gasteiger partial charge in [0, 0.05) is 11.6 Å². The molecule has 1 unspecified atom stereocenters. The first-order chi connectivity index (χ1) is 8.95. The molecule has 0 aliphatic carbocycles. The molecular formula is C16H34N2O. The summed E-state index contributed by atoms with van der Waals surface area (Å²) in [4.78, 5) is 2.60. The molecule has 0 aromatic carbocycles. The summed E-state index contributed by atoms with van der Waals surface area (Å²) >= 11 is 0. The molecule has 1 aliphatic rings. The highest BCUT2D eigenvalue weighted by molar-refractivity contribution is 4.83. The summed E-state index contributed by atoms with van der Waals surface area (Å²) in [7, 11) is 0. The van der Waals surface area contributed by atoms with Crippen molar-refractivity contribution in [2.24, 2.45) is 5.92 Å². The Bertz CT molecular complexity index is 237. The van der Waals surface area contributed by atoms with Gasteiger partial charge >= 0.3 is 0 Å². The van der Waals surface area contributed by atoms with Crippen LogP contribution in [-0.4, -0.2) is 47.8 Å². The number of rotatable bonds is 8. The first-order valence-electron chi connectivity index (χ1n) is 8.06. The van der Waals surface area contributed by atoms with Gasteiger partial charge in [0.2, 0.25) is 0 Å². The van der Waals surface area contributed by atoms with E-state index in [1.165, 1.54) is 45.3 Å². The molecule has 1 aliphatic heterocycles. The van der Waals surface area contributed by atoms with Gasteiger partial charge in [-0.3, -0.25) is 0 Å². The van der Waals surface area contributed by atoms with Crippen molar-refractivity contribution in [2.75, 3.05) is 26.2 Å². The van der Waals surface area contributed by atoms with Gasteiger partial charge in [0.25, 0.3) is 0 Å². The van der Waals surface area contributed by atoms with Crippen molar-refractivity contribution in [1.29, 1.82) is 0 Å². The Morgan fingerprint density at radius 3 is 2.42 bits per heavy atom. The third kappa shape index (κ3) is 6.73. The predicted octanol–water partition coefficient (Wildman–Crippen LogP) is 2.64. The number of aliphatic hydroxyl groups is 1. The quantitative estimate of drug-likeness (QED) is 0.666. The zero-order valence-corrected chi connectivity index (χ0v) is 13.4. The van der Waals surface area contributed by atoms with E-state index in [9.17, 15) is 5.11 Å².